The molecule has 1 aliphatic carbocycles. The maximum atomic E-state index is 12.5. The number of carbonyl (C=O) groups excluding carboxylic acids is 1. The lowest BCUT2D eigenvalue weighted by molar-refractivity contribution is -0.118. The third kappa shape index (κ3) is 5.65. The topological polar surface area (TPSA) is 93.7 Å². The summed E-state index contributed by atoms with van der Waals surface area (Å²) in [5, 5.41) is 2.85. The molecule has 0 spiro atoms. The summed E-state index contributed by atoms with van der Waals surface area (Å²) in [6.07, 6.45) is 3.73. The van der Waals surface area contributed by atoms with Gasteiger partial charge in [0, 0.05) is 6.04 Å². The third-order valence-corrected chi connectivity index (χ3v) is 6.69. The number of methoxy groups -OCH3 is 1. The number of hydrogen-bond donors (Lipinski definition) is 2. The number of nitrogens with one attached hydrogen (secondary N) is 2. The molecule has 0 atom stereocenters. The zero-order valence-electron chi connectivity index (χ0n) is 16.9. The van der Waals surface area contributed by atoms with Crippen molar-refractivity contribution in [1.82, 2.24) is 4.72 Å². The molecule has 7 nitrogen and oxygen atoms in total. The van der Waals surface area contributed by atoms with Crippen LogP contribution in [0.1, 0.15) is 31.2 Å². The van der Waals surface area contributed by atoms with Gasteiger partial charge in [0.1, 0.15) is 11.5 Å². The number of aryl methyl sites for hydroxylation is 1. The lowest BCUT2D eigenvalue weighted by Gasteiger charge is -2.14. The molecular weight excluding hydrogens is 428 g/mol. The van der Waals surface area contributed by atoms with Gasteiger partial charge in [-0.2, -0.15) is 0 Å². The second kappa shape index (κ2) is 9.68. The molecular formula is C21H25ClN2O5S. The summed E-state index contributed by atoms with van der Waals surface area (Å²) >= 11 is 6.20. The van der Waals surface area contributed by atoms with Gasteiger partial charge in [-0.25, -0.2) is 13.1 Å². The predicted octanol–water partition coefficient (Wildman–Crippen LogP) is 3.90. The van der Waals surface area contributed by atoms with E-state index in [0.29, 0.717) is 11.4 Å². The molecule has 0 aromatic heterocycles. The Morgan fingerprint density at radius 1 is 1.13 bits per heavy atom. The lowest BCUT2D eigenvalue weighted by atomic mass is 10.2. The van der Waals surface area contributed by atoms with E-state index in [4.69, 9.17) is 21.1 Å². The Labute approximate surface area is 181 Å². The molecule has 1 fully saturated rings. The molecule has 1 saturated carbocycles. The number of benzene rings is 2. The minimum Gasteiger partial charge on any atom is -0.495 e. The standard InChI is InChI=1S/C21H25ClN2O5S/c1-14-7-9-20(28-2)18(11-14)23-21(25)13-29-19-10-8-16(12-17(19)22)30(26,27)24-15-5-3-4-6-15/h7-12,15,24H,3-6,13H2,1-2H3,(H,23,25). The van der Waals surface area contributed by atoms with E-state index >= 15 is 0 Å². The second-order valence-corrected chi connectivity index (χ2v) is 9.36. The second-order valence-electron chi connectivity index (χ2n) is 7.24. The van der Waals surface area contributed by atoms with E-state index in [9.17, 15) is 13.2 Å². The highest BCUT2D eigenvalue weighted by Gasteiger charge is 2.23. The summed E-state index contributed by atoms with van der Waals surface area (Å²) in [6.45, 7) is 1.62. The van der Waals surface area contributed by atoms with E-state index in [0.717, 1.165) is 31.2 Å². The number of hydrogen-bond acceptors (Lipinski definition) is 5. The van der Waals surface area contributed by atoms with Gasteiger partial charge in [-0.05, 0) is 55.7 Å². The van der Waals surface area contributed by atoms with Gasteiger partial charge >= 0.3 is 0 Å². The highest BCUT2D eigenvalue weighted by atomic mass is 35.5. The molecule has 0 bridgehead atoms. The normalized spacial score (nSPS) is 14.5. The van der Waals surface area contributed by atoms with Crippen molar-refractivity contribution in [1.29, 1.82) is 0 Å². The number of halogens is 1. The summed E-state index contributed by atoms with van der Waals surface area (Å²) in [6, 6.07) is 9.60. The Morgan fingerprint density at radius 3 is 2.50 bits per heavy atom. The van der Waals surface area contributed by atoms with Gasteiger partial charge in [0.05, 0.1) is 22.7 Å². The van der Waals surface area contributed by atoms with Crippen LogP contribution in [0.25, 0.3) is 0 Å². The smallest absolute Gasteiger partial charge is 0.262 e. The molecule has 1 amide bonds. The molecule has 0 heterocycles. The summed E-state index contributed by atoms with van der Waals surface area (Å²) in [7, 11) is -2.13. The fourth-order valence-electron chi connectivity index (χ4n) is 3.35. The van der Waals surface area contributed by atoms with Crippen molar-refractivity contribution >= 4 is 33.2 Å². The highest BCUT2D eigenvalue weighted by molar-refractivity contribution is 7.89. The molecule has 30 heavy (non-hydrogen) atoms. The number of rotatable bonds is 8. The largest absolute Gasteiger partial charge is 0.495 e. The van der Waals surface area contributed by atoms with Gasteiger partial charge in [-0.15, -0.1) is 0 Å². The molecule has 0 saturated heterocycles. The van der Waals surface area contributed by atoms with Gasteiger partial charge in [0.2, 0.25) is 10.0 Å². The van der Waals surface area contributed by atoms with Gasteiger partial charge in [-0.3, -0.25) is 4.79 Å². The first kappa shape index (κ1) is 22.4. The van der Waals surface area contributed by atoms with Crippen molar-refractivity contribution in [3.63, 3.8) is 0 Å². The van der Waals surface area contributed by atoms with E-state index in [1.165, 1.54) is 25.3 Å². The SMILES string of the molecule is COc1ccc(C)cc1NC(=O)COc1ccc(S(=O)(=O)NC2CCCC2)cc1Cl. The summed E-state index contributed by atoms with van der Waals surface area (Å²) in [5.41, 5.74) is 1.51. The quantitative estimate of drug-likeness (QED) is 0.633. The van der Waals surface area contributed by atoms with E-state index in [2.05, 4.69) is 10.0 Å². The fraction of sp³-hybridized carbons (Fsp3) is 0.381. The molecule has 2 aromatic carbocycles. The van der Waals surface area contributed by atoms with Crippen LogP contribution < -0.4 is 19.5 Å². The predicted molar refractivity (Wildman–Crippen MR) is 116 cm³/mol. The third-order valence-electron chi connectivity index (χ3n) is 4.88. The summed E-state index contributed by atoms with van der Waals surface area (Å²) in [4.78, 5) is 12.3. The maximum Gasteiger partial charge on any atom is 0.262 e. The average molecular weight is 453 g/mol. The van der Waals surface area contributed by atoms with Gasteiger partial charge in [0.25, 0.3) is 5.91 Å². The van der Waals surface area contributed by atoms with Crippen LogP contribution in [-0.2, 0) is 14.8 Å². The molecule has 0 unspecified atom stereocenters. The molecule has 9 heteroatoms. The lowest BCUT2D eigenvalue weighted by Crippen LogP contribution is -2.32. The molecule has 0 radical (unpaired) electrons. The monoisotopic (exact) mass is 452 g/mol. The minimum atomic E-state index is -3.65. The first-order chi connectivity index (χ1) is 14.3. The van der Waals surface area contributed by atoms with Gasteiger partial charge in [-0.1, -0.05) is 30.5 Å². The number of amides is 1. The zero-order valence-corrected chi connectivity index (χ0v) is 18.5. The van der Waals surface area contributed by atoms with Crippen LogP contribution in [0.3, 0.4) is 0 Å². The number of anilines is 1. The van der Waals surface area contributed by atoms with Gasteiger partial charge in [0.15, 0.2) is 6.61 Å². The molecule has 1 aliphatic rings. The average Bonchev–Trinajstić information content (AvgIpc) is 3.19. The number of carbonyl (C=O) groups is 1. The fourth-order valence-corrected chi connectivity index (χ4v) is 4.98. The number of ether oxygens (including phenoxy) is 2. The van der Waals surface area contributed by atoms with Crippen molar-refractivity contribution in [2.45, 2.75) is 43.5 Å². The first-order valence-corrected chi connectivity index (χ1v) is 11.5. The van der Waals surface area contributed by atoms with Crippen LogP contribution in [0.5, 0.6) is 11.5 Å². The van der Waals surface area contributed by atoms with Crippen molar-refractivity contribution < 1.29 is 22.7 Å². The van der Waals surface area contributed by atoms with Crippen LogP contribution in [0.4, 0.5) is 5.69 Å². The van der Waals surface area contributed by atoms with Crippen LogP contribution in [-0.4, -0.2) is 34.1 Å². The molecule has 162 valence electrons. The molecule has 3 rings (SSSR count). The van der Waals surface area contributed by atoms with Crippen LogP contribution in [0.2, 0.25) is 5.02 Å². The molecule has 0 aliphatic heterocycles. The van der Waals surface area contributed by atoms with Crippen molar-refractivity contribution in [2.75, 3.05) is 19.0 Å². The van der Waals surface area contributed by atoms with Crippen molar-refractivity contribution in [3.8, 4) is 11.5 Å². The van der Waals surface area contributed by atoms with E-state index in [1.807, 2.05) is 13.0 Å². The summed E-state index contributed by atoms with van der Waals surface area (Å²) < 4.78 is 38.5. The Hall–Kier alpha value is -2.29. The zero-order chi connectivity index (χ0) is 21.7. The summed E-state index contributed by atoms with van der Waals surface area (Å²) in [5.74, 6) is 0.369. The maximum absolute atomic E-state index is 12.5. The highest BCUT2D eigenvalue weighted by Crippen LogP contribution is 2.29. The van der Waals surface area contributed by atoms with Crippen LogP contribution >= 0.6 is 11.6 Å². The van der Waals surface area contributed by atoms with E-state index < -0.39 is 15.9 Å². The Balaban J connectivity index is 1.62. The Morgan fingerprint density at radius 2 is 1.83 bits per heavy atom. The van der Waals surface area contributed by atoms with Crippen molar-refractivity contribution in [3.05, 3.63) is 47.0 Å². The first-order valence-electron chi connectivity index (χ1n) is 9.67. The Bertz CT molecular complexity index is 1020. The van der Waals surface area contributed by atoms with Gasteiger partial charge < -0.3 is 14.8 Å². The van der Waals surface area contributed by atoms with E-state index in [-0.39, 0.29) is 28.3 Å². The number of sulfonamides is 1. The van der Waals surface area contributed by atoms with E-state index in [1.54, 1.807) is 12.1 Å². The van der Waals surface area contributed by atoms with Crippen molar-refractivity contribution in [2.24, 2.45) is 0 Å². The van der Waals surface area contributed by atoms with Crippen LogP contribution in [0.15, 0.2) is 41.3 Å². The molecule has 2 aromatic rings. The Kier molecular flexibility index (Phi) is 7.23. The molecule has 2 N–H and O–H groups in total. The minimum absolute atomic E-state index is 0.0352. The van der Waals surface area contributed by atoms with Crippen LogP contribution in [0, 0.1) is 6.92 Å².